The summed E-state index contributed by atoms with van der Waals surface area (Å²) in [6.07, 6.45) is 71.8. The van der Waals surface area contributed by atoms with E-state index in [-0.39, 0.29) is 32.2 Å². The summed E-state index contributed by atoms with van der Waals surface area (Å²) in [6.45, 7) is 4.69. The smallest absolute Gasteiger partial charge is 0.306 e. The minimum Gasteiger partial charge on any atom is -0.545 e. The second kappa shape index (κ2) is 59.4. The molecule has 0 heterocycles. The Morgan fingerprint density at radius 2 is 0.740 bits per heavy atom. The van der Waals surface area contributed by atoms with Gasteiger partial charge >= 0.3 is 11.9 Å². The van der Waals surface area contributed by atoms with Crippen molar-refractivity contribution in [1.29, 1.82) is 0 Å². The Hall–Kier alpha value is -2.75. The number of rotatable bonds is 61. The van der Waals surface area contributed by atoms with E-state index in [0.29, 0.717) is 23.9 Å². The number of ether oxygens (including phenoxy) is 4. The van der Waals surface area contributed by atoms with Crippen LogP contribution in [0, 0.1) is 0 Å². The summed E-state index contributed by atoms with van der Waals surface area (Å²) in [5, 5.41) is 11.8. The SMILES string of the molecule is CC/C=C\C/C=C\C/C=C\C/C=C\CCCCCCCCCCCCCCCCC(=O)OC(COC(=O)CCCCCCCCCCCCCCCCCCCCCCCCCCC)COC(OCC[N+](C)(C)C)C(=O)[O-]. The number of unbranched alkanes of at least 4 members (excludes halogenated alkanes) is 38. The van der Waals surface area contributed by atoms with Crippen molar-refractivity contribution in [3.05, 3.63) is 48.6 Å². The van der Waals surface area contributed by atoms with Crippen LogP contribution in [0.5, 0.6) is 0 Å². The molecule has 0 aliphatic heterocycles. The largest absolute Gasteiger partial charge is 0.545 e. The van der Waals surface area contributed by atoms with Crippen molar-refractivity contribution < 1.29 is 42.9 Å². The van der Waals surface area contributed by atoms with Crippen molar-refractivity contribution in [2.75, 3.05) is 47.5 Å². The summed E-state index contributed by atoms with van der Waals surface area (Å²) in [5.41, 5.74) is 0. The Balaban J connectivity index is 4.13. The minimum atomic E-state index is -1.62. The number of carbonyl (C=O) groups excluding carboxylic acids is 3. The van der Waals surface area contributed by atoms with Gasteiger partial charge in [-0.3, -0.25) is 9.59 Å². The van der Waals surface area contributed by atoms with Crippen LogP contribution >= 0.6 is 0 Å². The average Bonchev–Trinajstić information content (AvgIpc) is 3.40. The molecule has 77 heavy (non-hydrogen) atoms. The lowest BCUT2D eigenvalue weighted by molar-refractivity contribution is -0.870. The molecule has 0 aromatic heterocycles. The van der Waals surface area contributed by atoms with Crippen LogP contribution in [-0.4, -0.2) is 82.3 Å². The van der Waals surface area contributed by atoms with Gasteiger partial charge in [-0.1, -0.05) is 294 Å². The zero-order valence-corrected chi connectivity index (χ0v) is 51.3. The summed E-state index contributed by atoms with van der Waals surface area (Å²) >= 11 is 0. The zero-order chi connectivity index (χ0) is 56.2. The van der Waals surface area contributed by atoms with E-state index in [4.69, 9.17) is 18.9 Å². The van der Waals surface area contributed by atoms with Crippen molar-refractivity contribution >= 4 is 17.9 Å². The van der Waals surface area contributed by atoms with Crippen LogP contribution in [0.4, 0.5) is 0 Å². The second-order valence-corrected chi connectivity index (χ2v) is 23.4. The highest BCUT2D eigenvalue weighted by molar-refractivity contribution is 5.70. The van der Waals surface area contributed by atoms with E-state index in [0.717, 1.165) is 57.8 Å². The maximum atomic E-state index is 12.9. The number of nitrogens with zero attached hydrogens (tertiary/aromatic N) is 1. The first kappa shape index (κ1) is 74.2. The lowest BCUT2D eigenvalue weighted by atomic mass is 10.0. The van der Waals surface area contributed by atoms with Gasteiger partial charge in [0.1, 0.15) is 13.2 Å². The van der Waals surface area contributed by atoms with Crippen molar-refractivity contribution in [1.82, 2.24) is 0 Å². The van der Waals surface area contributed by atoms with Gasteiger partial charge in [0.15, 0.2) is 12.4 Å². The van der Waals surface area contributed by atoms with Gasteiger partial charge in [-0.05, 0) is 51.4 Å². The first-order chi connectivity index (χ1) is 37.6. The molecular weight excluding hydrogens is 959 g/mol. The normalized spacial score (nSPS) is 13.0. The Morgan fingerprint density at radius 1 is 0.403 bits per heavy atom. The number of likely N-dealkylation sites (N-methyl/N-ethyl adjacent to an activating group) is 1. The number of carboxylic acids is 1. The molecule has 0 aliphatic rings. The predicted molar refractivity (Wildman–Crippen MR) is 325 cm³/mol. The monoisotopic (exact) mass is 1080 g/mol. The Bertz CT molecular complexity index is 1400. The molecule has 2 unspecified atom stereocenters. The molecule has 0 radical (unpaired) electrons. The summed E-state index contributed by atoms with van der Waals surface area (Å²) in [7, 11) is 5.94. The summed E-state index contributed by atoms with van der Waals surface area (Å²) in [5.74, 6) is -2.26. The average molecular weight is 1080 g/mol. The van der Waals surface area contributed by atoms with E-state index in [1.807, 2.05) is 21.1 Å². The molecule has 0 rings (SSSR count). The summed E-state index contributed by atoms with van der Waals surface area (Å²) in [4.78, 5) is 37.4. The summed E-state index contributed by atoms with van der Waals surface area (Å²) in [6, 6.07) is 0. The van der Waals surface area contributed by atoms with Gasteiger partial charge in [0.25, 0.3) is 0 Å². The lowest BCUT2D eigenvalue weighted by Crippen LogP contribution is -2.44. The molecule has 0 saturated carbocycles. The predicted octanol–water partition coefficient (Wildman–Crippen LogP) is 18.5. The number of aliphatic carboxylic acids is 1. The molecule has 0 aromatic rings. The number of carbonyl (C=O) groups is 3. The number of allylic oxidation sites excluding steroid dienone is 8. The molecule has 0 saturated heterocycles. The summed E-state index contributed by atoms with van der Waals surface area (Å²) < 4.78 is 22.8. The van der Waals surface area contributed by atoms with Crippen LogP contribution in [-0.2, 0) is 33.3 Å². The van der Waals surface area contributed by atoms with Gasteiger partial charge in [0.2, 0.25) is 0 Å². The van der Waals surface area contributed by atoms with E-state index < -0.39 is 24.3 Å². The first-order valence-electron chi connectivity index (χ1n) is 32.8. The van der Waals surface area contributed by atoms with Gasteiger partial charge in [-0.15, -0.1) is 0 Å². The molecule has 0 bridgehead atoms. The number of hydrogen-bond donors (Lipinski definition) is 0. The van der Waals surface area contributed by atoms with Crippen LogP contribution in [0.15, 0.2) is 48.6 Å². The van der Waals surface area contributed by atoms with Gasteiger partial charge < -0.3 is 33.3 Å². The quantitative estimate of drug-likeness (QED) is 0.0195. The van der Waals surface area contributed by atoms with E-state index in [2.05, 4.69) is 62.5 Å². The van der Waals surface area contributed by atoms with Crippen LogP contribution in [0.25, 0.3) is 0 Å². The van der Waals surface area contributed by atoms with Gasteiger partial charge in [0.05, 0.1) is 40.3 Å². The van der Waals surface area contributed by atoms with Crippen LogP contribution < -0.4 is 5.11 Å². The molecule has 0 fully saturated rings. The van der Waals surface area contributed by atoms with E-state index in [1.165, 1.54) is 218 Å². The van der Waals surface area contributed by atoms with Crippen LogP contribution in [0.3, 0.4) is 0 Å². The highest BCUT2D eigenvalue weighted by Crippen LogP contribution is 2.18. The van der Waals surface area contributed by atoms with E-state index >= 15 is 0 Å². The Labute approximate surface area is 476 Å². The van der Waals surface area contributed by atoms with Crippen molar-refractivity contribution in [3.8, 4) is 0 Å². The molecule has 0 spiro atoms. The van der Waals surface area contributed by atoms with Gasteiger partial charge in [-0.2, -0.15) is 0 Å². The maximum absolute atomic E-state index is 12.9. The molecule has 450 valence electrons. The lowest BCUT2D eigenvalue weighted by Gasteiger charge is -2.26. The van der Waals surface area contributed by atoms with E-state index in [1.54, 1.807) is 0 Å². The first-order valence-corrected chi connectivity index (χ1v) is 32.8. The fourth-order valence-electron chi connectivity index (χ4n) is 9.59. The minimum absolute atomic E-state index is 0.149. The third-order valence-electron chi connectivity index (χ3n) is 14.6. The molecular formula is C68H125NO8. The molecule has 0 aliphatic carbocycles. The highest BCUT2D eigenvalue weighted by Gasteiger charge is 2.22. The zero-order valence-electron chi connectivity index (χ0n) is 51.3. The standard InChI is InChI=1S/C68H125NO8/c1-6-8-10-12-14-16-18-20-22-24-26-28-30-32-33-35-37-39-41-43-45-47-49-51-53-55-57-59-66(71)77-64(63-76-68(67(72)73)74-61-60-69(3,4)5)62-75-65(70)58-56-54-52-50-48-46-44-42-40-38-36-34-31-29-27-25-23-21-19-17-15-13-11-9-7-2/h8,10,14,16,20,22,26,28,64,68H,6-7,9,11-13,15,17-19,21,23-25,27,29-63H2,1-5H3/b10-8-,16-14-,22-20-,28-26-. The van der Waals surface area contributed by atoms with Gasteiger partial charge in [0, 0.05) is 12.8 Å². The van der Waals surface area contributed by atoms with Crippen LogP contribution in [0.2, 0.25) is 0 Å². The second-order valence-electron chi connectivity index (χ2n) is 23.4. The number of carboxylic acid groups (broad SMARTS) is 1. The molecule has 0 amide bonds. The molecule has 0 aromatic carbocycles. The van der Waals surface area contributed by atoms with Crippen molar-refractivity contribution in [2.45, 2.75) is 322 Å². The number of quaternary nitrogens is 1. The third-order valence-corrected chi connectivity index (χ3v) is 14.6. The van der Waals surface area contributed by atoms with E-state index in [9.17, 15) is 19.5 Å². The van der Waals surface area contributed by atoms with Crippen LogP contribution in [0.1, 0.15) is 309 Å². The maximum Gasteiger partial charge on any atom is 0.306 e. The fourth-order valence-corrected chi connectivity index (χ4v) is 9.59. The Morgan fingerprint density at radius 3 is 1.10 bits per heavy atom. The van der Waals surface area contributed by atoms with Crippen molar-refractivity contribution in [3.63, 3.8) is 0 Å². The fraction of sp³-hybridized carbons (Fsp3) is 0.838. The van der Waals surface area contributed by atoms with Crippen molar-refractivity contribution in [2.24, 2.45) is 0 Å². The number of hydrogen-bond acceptors (Lipinski definition) is 8. The topological polar surface area (TPSA) is 111 Å². The highest BCUT2D eigenvalue weighted by atomic mass is 16.7. The molecule has 9 heteroatoms. The molecule has 9 nitrogen and oxygen atoms in total. The number of esters is 2. The molecule has 2 atom stereocenters. The van der Waals surface area contributed by atoms with Gasteiger partial charge in [-0.25, -0.2) is 0 Å². The Kier molecular flexibility index (Phi) is 57.3. The molecule has 0 N–H and O–H groups in total. The third kappa shape index (κ3) is 60.7.